The second kappa shape index (κ2) is 10.5. The summed E-state index contributed by atoms with van der Waals surface area (Å²) in [5, 5.41) is 3.94. The summed E-state index contributed by atoms with van der Waals surface area (Å²) in [6.07, 6.45) is 3.24. The first-order chi connectivity index (χ1) is 14.2. The number of nitrogens with one attached hydrogen (secondary N) is 1. The largest absolute Gasteiger partial charge is 0.490 e. The average molecular weight is 386 g/mol. The van der Waals surface area contributed by atoms with Gasteiger partial charge in [-0.3, -0.25) is 4.79 Å². The second-order valence-electron chi connectivity index (χ2n) is 6.14. The smallest absolute Gasteiger partial charge is 0.277 e. The Morgan fingerprint density at radius 3 is 2.17 bits per heavy atom. The molecule has 3 rings (SSSR count). The standard InChI is InChI=1S/C24H22N2O3/c1-2-16-28-22-12-8-19(9-13-22)17-25-26-24(27)18-29-23-14-10-21(11-15-23)20-6-4-3-5-7-20/h2-15,17H,1,16,18H2,(H,26,27)/b25-17-. The molecule has 1 amide bonds. The van der Waals surface area contributed by atoms with E-state index in [1.54, 1.807) is 12.3 Å². The molecule has 0 aliphatic carbocycles. The van der Waals surface area contributed by atoms with E-state index < -0.39 is 0 Å². The summed E-state index contributed by atoms with van der Waals surface area (Å²) in [5.74, 6) is 1.04. The molecule has 5 nitrogen and oxygen atoms in total. The third-order valence-electron chi connectivity index (χ3n) is 3.98. The molecule has 146 valence electrons. The van der Waals surface area contributed by atoms with E-state index in [2.05, 4.69) is 17.1 Å². The van der Waals surface area contributed by atoms with E-state index in [4.69, 9.17) is 9.47 Å². The number of carbonyl (C=O) groups excluding carboxylic acids is 1. The van der Waals surface area contributed by atoms with E-state index in [0.29, 0.717) is 12.4 Å². The zero-order valence-electron chi connectivity index (χ0n) is 16.0. The maximum absolute atomic E-state index is 11.9. The van der Waals surface area contributed by atoms with Gasteiger partial charge < -0.3 is 9.47 Å². The molecule has 0 unspecified atom stereocenters. The van der Waals surface area contributed by atoms with Crippen LogP contribution in [0.1, 0.15) is 5.56 Å². The lowest BCUT2D eigenvalue weighted by molar-refractivity contribution is -0.123. The summed E-state index contributed by atoms with van der Waals surface area (Å²) < 4.78 is 10.9. The minimum Gasteiger partial charge on any atom is -0.490 e. The van der Waals surface area contributed by atoms with E-state index in [9.17, 15) is 4.79 Å². The molecular formula is C24H22N2O3. The van der Waals surface area contributed by atoms with Gasteiger partial charge in [-0.25, -0.2) is 5.43 Å². The fourth-order valence-corrected chi connectivity index (χ4v) is 2.54. The predicted octanol–water partition coefficient (Wildman–Crippen LogP) is 4.45. The quantitative estimate of drug-likeness (QED) is 0.336. The van der Waals surface area contributed by atoms with Crippen LogP contribution >= 0.6 is 0 Å². The van der Waals surface area contributed by atoms with Crippen LogP contribution in [0.5, 0.6) is 11.5 Å². The maximum Gasteiger partial charge on any atom is 0.277 e. The minimum atomic E-state index is -0.334. The van der Waals surface area contributed by atoms with Crippen LogP contribution in [0.3, 0.4) is 0 Å². The van der Waals surface area contributed by atoms with E-state index in [1.165, 1.54) is 0 Å². The maximum atomic E-state index is 11.9. The summed E-state index contributed by atoms with van der Waals surface area (Å²) in [4.78, 5) is 11.9. The van der Waals surface area contributed by atoms with Gasteiger partial charge in [0.1, 0.15) is 18.1 Å². The first-order valence-corrected chi connectivity index (χ1v) is 9.18. The van der Waals surface area contributed by atoms with Gasteiger partial charge in [0.2, 0.25) is 0 Å². The Kier molecular flexibility index (Phi) is 7.18. The van der Waals surface area contributed by atoms with Gasteiger partial charge in [-0.05, 0) is 53.1 Å². The SMILES string of the molecule is C=CCOc1ccc(/C=N\NC(=O)COc2ccc(-c3ccccc3)cc2)cc1. The van der Waals surface area contributed by atoms with E-state index in [1.807, 2.05) is 78.9 Å². The van der Waals surface area contributed by atoms with E-state index in [0.717, 1.165) is 22.4 Å². The number of amides is 1. The molecule has 0 spiro atoms. The lowest BCUT2D eigenvalue weighted by atomic mass is 10.1. The molecule has 0 heterocycles. The molecule has 0 aliphatic heterocycles. The molecule has 0 aliphatic rings. The molecule has 0 bridgehead atoms. The van der Waals surface area contributed by atoms with Gasteiger partial charge in [-0.1, -0.05) is 55.1 Å². The summed E-state index contributed by atoms with van der Waals surface area (Å²) in [6.45, 7) is 3.95. The first kappa shape index (κ1) is 19.9. The van der Waals surface area contributed by atoms with Gasteiger partial charge >= 0.3 is 0 Å². The molecule has 0 fully saturated rings. The van der Waals surface area contributed by atoms with Crippen LogP contribution in [0.25, 0.3) is 11.1 Å². The zero-order valence-corrected chi connectivity index (χ0v) is 16.0. The summed E-state index contributed by atoms with van der Waals surface area (Å²) in [5.41, 5.74) is 5.51. The molecular weight excluding hydrogens is 364 g/mol. The van der Waals surface area contributed by atoms with Gasteiger partial charge in [0.25, 0.3) is 5.91 Å². The Hall–Kier alpha value is -3.86. The van der Waals surface area contributed by atoms with Crippen molar-refractivity contribution in [2.45, 2.75) is 0 Å². The summed E-state index contributed by atoms with van der Waals surface area (Å²) in [6, 6.07) is 25.0. The third-order valence-corrected chi connectivity index (χ3v) is 3.98. The Labute approximate surface area is 170 Å². The molecule has 0 saturated heterocycles. The fraction of sp³-hybridized carbons (Fsp3) is 0.0833. The van der Waals surface area contributed by atoms with Crippen molar-refractivity contribution in [1.82, 2.24) is 5.43 Å². The van der Waals surface area contributed by atoms with Crippen molar-refractivity contribution in [2.24, 2.45) is 5.10 Å². The number of nitrogens with zero attached hydrogens (tertiary/aromatic N) is 1. The van der Waals surface area contributed by atoms with Crippen LogP contribution in [-0.2, 0) is 4.79 Å². The summed E-state index contributed by atoms with van der Waals surface area (Å²) in [7, 11) is 0. The Morgan fingerprint density at radius 1 is 0.862 bits per heavy atom. The highest BCUT2D eigenvalue weighted by Crippen LogP contribution is 2.21. The van der Waals surface area contributed by atoms with Crippen molar-refractivity contribution in [1.29, 1.82) is 0 Å². The van der Waals surface area contributed by atoms with Gasteiger partial charge in [-0.2, -0.15) is 5.10 Å². The molecule has 1 N–H and O–H groups in total. The van der Waals surface area contributed by atoms with Gasteiger partial charge in [0.15, 0.2) is 6.61 Å². The van der Waals surface area contributed by atoms with Crippen molar-refractivity contribution in [2.75, 3.05) is 13.2 Å². The number of hydrazone groups is 1. The molecule has 3 aromatic rings. The highest BCUT2D eigenvalue weighted by molar-refractivity contribution is 5.83. The number of hydrogen-bond acceptors (Lipinski definition) is 4. The van der Waals surface area contributed by atoms with Gasteiger partial charge in [0, 0.05) is 0 Å². The Bertz CT molecular complexity index is 950. The number of rotatable bonds is 9. The van der Waals surface area contributed by atoms with Crippen LogP contribution in [0.4, 0.5) is 0 Å². The third kappa shape index (κ3) is 6.36. The lowest BCUT2D eigenvalue weighted by Gasteiger charge is -2.06. The predicted molar refractivity (Wildman–Crippen MR) is 115 cm³/mol. The molecule has 5 heteroatoms. The minimum absolute atomic E-state index is 0.115. The van der Waals surface area contributed by atoms with Crippen LogP contribution in [0.15, 0.2) is 96.6 Å². The molecule has 3 aromatic carbocycles. The van der Waals surface area contributed by atoms with E-state index in [-0.39, 0.29) is 12.5 Å². The number of carbonyl (C=O) groups is 1. The molecule has 0 atom stereocenters. The number of benzene rings is 3. The van der Waals surface area contributed by atoms with Crippen molar-refractivity contribution in [3.8, 4) is 22.6 Å². The van der Waals surface area contributed by atoms with Crippen LogP contribution in [-0.4, -0.2) is 25.3 Å². The Morgan fingerprint density at radius 2 is 1.48 bits per heavy atom. The lowest BCUT2D eigenvalue weighted by Crippen LogP contribution is -2.24. The molecule has 0 radical (unpaired) electrons. The van der Waals surface area contributed by atoms with Crippen molar-refractivity contribution in [3.05, 3.63) is 97.1 Å². The highest BCUT2D eigenvalue weighted by atomic mass is 16.5. The van der Waals surface area contributed by atoms with Crippen molar-refractivity contribution in [3.63, 3.8) is 0 Å². The average Bonchev–Trinajstić information content (AvgIpc) is 2.78. The van der Waals surface area contributed by atoms with Crippen LogP contribution < -0.4 is 14.9 Å². The Balaban J connectivity index is 1.44. The normalized spacial score (nSPS) is 10.5. The monoisotopic (exact) mass is 386 g/mol. The van der Waals surface area contributed by atoms with Gasteiger partial charge in [-0.15, -0.1) is 0 Å². The highest BCUT2D eigenvalue weighted by Gasteiger charge is 2.02. The van der Waals surface area contributed by atoms with E-state index >= 15 is 0 Å². The van der Waals surface area contributed by atoms with Gasteiger partial charge in [0.05, 0.1) is 6.21 Å². The zero-order chi connectivity index (χ0) is 20.3. The molecule has 0 saturated carbocycles. The number of hydrogen-bond donors (Lipinski definition) is 1. The molecule has 0 aromatic heterocycles. The fourth-order valence-electron chi connectivity index (χ4n) is 2.54. The molecule has 29 heavy (non-hydrogen) atoms. The topological polar surface area (TPSA) is 59.9 Å². The van der Waals surface area contributed by atoms with Crippen LogP contribution in [0, 0.1) is 0 Å². The first-order valence-electron chi connectivity index (χ1n) is 9.18. The summed E-state index contributed by atoms with van der Waals surface area (Å²) >= 11 is 0. The second-order valence-corrected chi connectivity index (χ2v) is 6.14. The number of ether oxygens (including phenoxy) is 2. The van der Waals surface area contributed by atoms with Crippen molar-refractivity contribution >= 4 is 12.1 Å². The van der Waals surface area contributed by atoms with Crippen molar-refractivity contribution < 1.29 is 14.3 Å². The van der Waals surface area contributed by atoms with Crippen LogP contribution in [0.2, 0.25) is 0 Å².